The molecule has 1 heteroatoms. The van der Waals surface area contributed by atoms with Crippen LogP contribution in [-0.4, -0.2) is 5.78 Å². The van der Waals surface area contributed by atoms with E-state index in [9.17, 15) is 4.79 Å². The second-order valence-corrected chi connectivity index (χ2v) is 3.53. The lowest BCUT2D eigenvalue weighted by Crippen LogP contribution is -1.90. The van der Waals surface area contributed by atoms with Gasteiger partial charge in [0.15, 0.2) is 5.78 Å². The second kappa shape index (κ2) is 5.11. The first-order valence-corrected chi connectivity index (χ1v) is 4.20. The lowest BCUT2D eigenvalue weighted by molar-refractivity contribution is -0.112. The zero-order valence-corrected chi connectivity index (χ0v) is 7.98. The van der Waals surface area contributed by atoms with Crippen LogP contribution in [-0.2, 0) is 4.79 Å². The highest BCUT2D eigenvalue weighted by Gasteiger charge is 1.95. The van der Waals surface area contributed by atoms with E-state index in [0.29, 0.717) is 0 Å². The summed E-state index contributed by atoms with van der Waals surface area (Å²) in [5, 5.41) is 0. The van der Waals surface area contributed by atoms with Gasteiger partial charge in [0, 0.05) is 0 Å². The molecule has 0 aromatic rings. The highest BCUT2D eigenvalue weighted by Crippen LogP contribution is 2.10. The second-order valence-electron chi connectivity index (χ2n) is 3.53. The average Bonchev–Trinajstić information content (AvgIpc) is 1.82. The van der Waals surface area contributed by atoms with Gasteiger partial charge in [-0.2, -0.15) is 0 Å². The van der Waals surface area contributed by atoms with Crippen LogP contribution in [0.3, 0.4) is 0 Å². The Balaban J connectivity index is 3.68. The molecule has 0 saturated heterocycles. The Morgan fingerprint density at radius 3 is 2.27 bits per heavy atom. The van der Waals surface area contributed by atoms with Crippen molar-refractivity contribution < 1.29 is 4.79 Å². The third kappa shape index (κ3) is 7.31. The molecule has 0 N–H and O–H groups in total. The van der Waals surface area contributed by atoms with E-state index in [4.69, 9.17) is 0 Å². The SMILES string of the molecule is CC(=O)/C=C(\C)CCC(C)C. The summed E-state index contributed by atoms with van der Waals surface area (Å²) < 4.78 is 0. The molecule has 0 fully saturated rings. The average molecular weight is 154 g/mol. The van der Waals surface area contributed by atoms with Crippen LogP contribution in [0.1, 0.15) is 40.5 Å². The fourth-order valence-electron chi connectivity index (χ4n) is 0.936. The van der Waals surface area contributed by atoms with E-state index in [0.717, 1.165) is 12.3 Å². The molecule has 11 heavy (non-hydrogen) atoms. The summed E-state index contributed by atoms with van der Waals surface area (Å²) in [5.74, 6) is 0.886. The van der Waals surface area contributed by atoms with E-state index in [2.05, 4.69) is 13.8 Å². The van der Waals surface area contributed by atoms with Gasteiger partial charge in [0.05, 0.1) is 0 Å². The van der Waals surface area contributed by atoms with Crippen molar-refractivity contribution in [2.75, 3.05) is 0 Å². The van der Waals surface area contributed by atoms with Gasteiger partial charge < -0.3 is 0 Å². The largest absolute Gasteiger partial charge is 0.295 e. The Kier molecular flexibility index (Phi) is 4.84. The van der Waals surface area contributed by atoms with Crippen molar-refractivity contribution in [1.82, 2.24) is 0 Å². The Morgan fingerprint density at radius 2 is 1.91 bits per heavy atom. The minimum Gasteiger partial charge on any atom is -0.295 e. The molecule has 64 valence electrons. The Labute approximate surface area is 69.5 Å². The minimum atomic E-state index is 0.159. The molecule has 0 atom stereocenters. The molecule has 0 aliphatic heterocycles. The standard InChI is InChI=1S/C10H18O/c1-8(2)5-6-9(3)7-10(4)11/h7-8H,5-6H2,1-4H3/b9-7+. The van der Waals surface area contributed by atoms with Gasteiger partial charge in [0.25, 0.3) is 0 Å². The number of ketones is 1. The predicted molar refractivity (Wildman–Crippen MR) is 48.5 cm³/mol. The maximum atomic E-state index is 10.6. The maximum Gasteiger partial charge on any atom is 0.152 e. The molecule has 0 heterocycles. The summed E-state index contributed by atoms with van der Waals surface area (Å²) in [6.45, 7) is 8.00. The van der Waals surface area contributed by atoms with E-state index in [1.54, 1.807) is 13.0 Å². The minimum absolute atomic E-state index is 0.159. The summed E-state index contributed by atoms with van der Waals surface area (Å²) in [4.78, 5) is 10.6. The van der Waals surface area contributed by atoms with Gasteiger partial charge in [-0.05, 0) is 38.7 Å². The van der Waals surface area contributed by atoms with Gasteiger partial charge >= 0.3 is 0 Å². The van der Waals surface area contributed by atoms with E-state index in [-0.39, 0.29) is 5.78 Å². The molecule has 0 aromatic heterocycles. The fraction of sp³-hybridized carbons (Fsp3) is 0.700. The van der Waals surface area contributed by atoms with Crippen LogP contribution in [0.15, 0.2) is 11.6 Å². The van der Waals surface area contributed by atoms with E-state index in [1.165, 1.54) is 12.0 Å². The Bertz CT molecular complexity index is 154. The molecule has 0 rings (SSSR count). The third-order valence-corrected chi connectivity index (χ3v) is 1.57. The molecular formula is C10H18O. The molecular weight excluding hydrogens is 136 g/mol. The number of rotatable bonds is 4. The van der Waals surface area contributed by atoms with Crippen molar-refractivity contribution in [2.24, 2.45) is 5.92 Å². The molecule has 0 saturated carbocycles. The number of hydrogen-bond donors (Lipinski definition) is 0. The summed E-state index contributed by atoms with van der Waals surface area (Å²) >= 11 is 0. The van der Waals surface area contributed by atoms with Gasteiger partial charge in [-0.3, -0.25) is 4.79 Å². The predicted octanol–water partition coefficient (Wildman–Crippen LogP) is 2.96. The van der Waals surface area contributed by atoms with Gasteiger partial charge in [-0.25, -0.2) is 0 Å². The molecule has 0 bridgehead atoms. The van der Waals surface area contributed by atoms with E-state index < -0.39 is 0 Å². The Morgan fingerprint density at radius 1 is 1.36 bits per heavy atom. The lowest BCUT2D eigenvalue weighted by atomic mass is 10.0. The fourth-order valence-corrected chi connectivity index (χ4v) is 0.936. The number of allylic oxidation sites excluding steroid dienone is 2. The summed E-state index contributed by atoms with van der Waals surface area (Å²) in [6, 6.07) is 0. The molecule has 0 aromatic carbocycles. The summed E-state index contributed by atoms with van der Waals surface area (Å²) in [5.41, 5.74) is 1.20. The number of carbonyl (C=O) groups excluding carboxylic acids is 1. The van der Waals surface area contributed by atoms with Crippen LogP contribution < -0.4 is 0 Å². The van der Waals surface area contributed by atoms with Gasteiger partial charge in [0.1, 0.15) is 0 Å². The molecule has 0 spiro atoms. The quantitative estimate of drug-likeness (QED) is 0.569. The Hall–Kier alpha value is -0.590. The van der Waals surface area contributed by atoms with Gasteiger partial charge in [-0.15, -0.1) is 0 Å². The molecule has 0 unspecified atom stereocenters. The zero-order chi connectivity index (χ0) is 8.85. The number of carbonyl (C=O) groups is 1. The smallest absolute Gasteiger partial charge is 0.152 e. The van der Waals surface area contributed by atoms with Crippen molar-refractivity contribution in [3.8, 4) is 0 Å². The van der Waals surface area contributed by atoms with Crippen LogP contribution in [0.5, 0.6) is 0 Å². The van der Waals surface area contributed by atoms with Crippen LogP contribution in [0, 0.1) is 5.92 Å². The van der Waals surface area contributed by atoms with Gasteiger partial charge in [0.2, 0.25) is 0 Å². The number of hydrogen-bond acceptors (Lipinski definition) is 1. The van der Waals surface area contributed by atoms with Crippen LogP contribution in [0.2, 0.25) is 0 Å². The molecule has 1 nitrogen and oxygen atoms in total. The highest BCUT2D eigenvalue weighted by atomic mass is 16.1. The van der Waals surface area contributed by atoms with Crippen molar-refractivity contribution in [2.45, 2.75) is 40.5 Å². The molecule has 0 radical (unpaired) electrons. The van der Waals surface area contributed by atoms with Crippen LogP contribution in [0.4, 0.5) is 0 Å². The summed E-state index contributed by atoms with van der Waals surface area (Å²) in [6.07, 6.45) is 3.95. The van der Waals surface area contributed by atoms with Gasteiger partial charge in [-0.1, -0.05) is 19.4 Å². The van der Waals surface area contributed by atoms with Crippen molar-refractivity contribution in [3.05, 3.63) is 11.6 Å². The maximum absolute atomic E-state index is 10.6. The van der Waals surface area contributed by atoms with Crippen molar-refractivity contribution >= 4 is 5.78 Å². The van der Waals surface area contributed by atoms with E-state index in [1.807, 2.05) is 6.92 Å². The first kappa shape index (κ1) is 10.4. The van der Waals surface area contributed by atoms with Crippen molar-refractivity contribution in [3.63, 3.8) is 0 Å². The highest BCUT2D eigenvalue weighted by molar-refractivity contribution is 5.87. The third-order valence-electron chi connectivity index (χ3n) is 1.57. The van der Waals surface area contributed by atoms with Crippen LogP contribution >= 0.6 is 0 Å². The first-order chi connectivity index (χ1) is 5.02. The molecule has 0 amide bonds. The normalized spacial score (nSPS) is 12.3. The topological polar surface area (TPSA) is 17.1 Å². The lowest BCUT2D eigenvalue weighted by Gasteiger charge is -2.03. The zero-order valence-electron chi connectivity index (χ0n) is 7.98. The van der Waals surface area contributed by atoms with Crippen LogP contribution in [0.25, 0.3) is 0 Å². The monoisotopic (exact) mass is 154 g/mol. The first-order valence-electron chi connectivity index (χ1n) is 4.20. The van der Waals surface area contributed by atoms with E-state index >= 15 is 0 Å². The molecule has 0 aliphatic rings. The van der Waals surface area contributed by atoms with Crippen molar-refractivity contribution in [1.29, 1.82) is 0 Å². The molecule has 0 aliphatic carbocycles. The summed E-state index contributed by atoms with van der Waals surface area (Å²) in [7, 11) is 0.